The van der Waals surface area contributed by atoms with Crippen LogP contribution in [0, 0.1) is 12.7 Å². The Morgan fingerprint density at radius 3 is 2.62 bits per heavy atom. The first kappa shape index (κ1) is 20.5. The lowest BCUT2D eigenvalue weighted by Gasteiger charge is -2.16. The normalized spacial score (nSPS) is 11.9. The van der Waals surface area contributed by atoms with Crippen molar-refractivity contribution in [2.24, 2.45) is 0 Å². The lowest BCUT2D eigenvalue weighted by molar-refractivity contribution is -0.119. The molecule has 150 valence electrons. The maximum Gasteiger partial charge on any atom is 0.321 e. The van der Waals surface area contributed by atoms with Crippen molar-refractivity contribution in [2.75, 3.05) is 7.05 Å². The Balaban J connectivity index is 2.12. The molecule has 9 heteroatoms. The van der Waals surface area contributed by atoms with Crippen LogP contribution in [0.15, 0.2) is 52.4 Å². The second-order valence-corrected chi connectivity index (χ2v) is 7.62. The van der Waals surface area contributed by atoms with Gasteiger partial charge in [0.25, 0.3) is 5.56 Å². The number of fused-ring (bicyclic) bond motifs is 1. The van der Waals surface area contributed by atoms with E-state index in [0.29, 0.717) is 22.2 Å². The van der Waals surface area contributed by atoms with Gasteiger partial charge in [0, 0.05) is 7.05 Å². The predicted molar refractivity (Wildman–Crippen MR) is 110 cm³/mol. The van der Waals surface area contributed by atoms with Crippen LogP contribution in [0.25, 0.3) is 16.6 Å². The van der Waals surface area contributed by atoms with Crippen LogP contribution < -0.4 is 16.2 Å². The quantitative estimate of drug-likeness (QED) is 0.506. The highest BCUT2D eigenvalue weighted by molar-refractivity contribution is 8.00. The lowest BCUT2D eigenvalue weighted by atomic mass is 10.2. The SMILES string of the molecule is CNC(=O)NC(=O)C(C)Sc1nc2ccccc2c(=O)n1-c1ccc(C)c(F)c1. The number of para-hydroxylation sites is 1. The third-order valence-electron chi connectivity index (χ3n) is 4.27. The van der Waals surface area contributed by atoms with E-state index in [1.54, 1.807) is 50.2 Å². The number of nitrogens with one attached hydrogen (secondary N) is 2. The third-order valence-corrected chi connectivity index (χ3v) is 5.33. The second kappa shape index (κ2) is 8.44. The van der Waals surface area contributed by atoms with Gasteiger partial charge in [-0.1, -0.05) is 30.0 Å². The van der Waals surface area contributed by atoms with Gasteiger partial charge in [-0.05, 0) is 43.7 Å². The number of hydrogen-bond acceptors (Lipinski definition) is 5. The molecule has 0 saturated heterocycles. The molecular formula is C20H19FN4O3S. The zero-order valence-corrected chi connectivity index (χ0v) is 16.8. The van der Waals surface area contributed by atoms with Gasteiger partial charge in [-0.3, -0.25) is 19.5 Å². The zero-order chi connectivity index (χ0) is 21.1. The summed E-state index contributed by atoms with van der Waals surface area (Å²) in [5, 5.41) is 4.36. The van der Waals surface area contributed by atoms with Gasteiger partial charge in [-0.2, -0.15) is 0 Å². The minimum atomic E-state index is -0.734. The first-order valence-electron chi connectivity index (χ1n) is 8.79. The van der Waals surface area contributed by atoms with Gasteiger partial charge in [0.05, 0.1) is 21.8 Å². The molecule has 29 heavy (non-hydrogen) atoms. The second-order valence-electron chi connectivity index (χ2n) is 6.31. The van der Waals surface area contributed by atoms with Gasteiger partial charge in [0.2, 0.25) is 5.91 Å². The molecule has 3 rings (SSSR count). The topological polar surface area (TPSA) is 93.1 Å². The van der Waals surface area contributed by atoms with Crippen LogP contribution in [-0.2, 0) is 4.79 Å². The number of imide groups is 1. The average Bonchev–Trinajstić information content (AvgIpc) is 2.70. The van der Waals surface area contributed by atoms with Crippen LogP contribution in [0.4, 0.5) is 9.18 Å². The Bertz CT molecular complexity index is 1160. The fourth-order valence-corrected chi connectivity index (χ4v) is 3.55. The van der Waals surface area contributed by atoms with Crippen LogP contribution in [0.3, 0.4) is 0 Å². The summed E-state index contributed by atoms with van der Waals surface area (Å²) >= 11 is 1.00. The number of halogens is 1. The van der Waals surface area contributed by atoms with E-state index < -0.39 is 23.0 Å². The first-order chi connectivity index (χ1) is 13.8. The molecule has 0 radical (unpaired) electrons. The highest BCUT2D eigenvalue weighted by Crippen LogP contribution is 2.25. The molecule has 3 amide bonds. The number of carbonyl (C=O) groups is 2. The summed E-state index contributed by atoms with van der Waals surface area (Å²) in [5.41, 5.74) is 0.837. The van der Waals surface area contributed by atoms with E-state index >= 15 is 0 Å². The maximum atomic E-state index is 14.2. The van der Waals surface area contributed by atoms with E-state index in [-0.39, 0.29) is 10.7 Å². The smallest absolute Gasteiger partial charge is 0.321 e. The highest BCUT2D eigenvalue weighted by Gasteiger charge is 2.21. The van der Waals surface area contributed by atoms with Gasteiger partial charge in [-0.25, -0.2) is 14.2 Å². The maximum absolute atomic E-state index is 14.2. The van der Waals surface area contributed by atoms with Gasteiger partial charge in [0.15, 0.2) is 5.16 Å². The molecule has 1 heterocycles. The van der Waals surface area contributed by atoms with Crippen molar-refractivity contribution < 1.29 is 14.0 Å². The number of thioether (sulfide) groups is 1. The Labute approximate surface area is 170 Å². The van der Waals surface area contributed by atoms with Gasteiger partial charge in [-0.15, -0.1) is 0 Å². The van der Waals surface area contributed by atoms with Gasteiger partial charge < -0.3 is 5.32 Å². The minimum absolute atomic E-state index is 0.219. The van der Waals surface area contributed by atoms with E-state index in [4.69, 9.17) is 0 Å². The molecule has 1 unspecified atom stereocenters. The number of urea groups is 1. The Morgan fingerprint density at radius 1 is 1.21 bits per heavy atom. The summed E-state index contributed by atoms with van der Waals surface area (Å²) in [4.78, 5) is 41.3. The molecule has 0 fully saturated rings. The largest absolute Gasteiger partial charge is 0.341 e. The lowest BCUT2D eigenvalue weighted by Crippen LogP contribution is -2.41. The van der Waals surface area contributed by atoms with Crippen LogP contribution in [0.5, 0.6) is 0 Å². The van der Waals surface area contributed by atoms with Crippen molar-refractivity contribution in [3.63, 3.8) is 0 Å². The molecule has 2 N–H and O–H groups in total. The Morgan fingerprint density at radius 2 is 1.93 bits per heavy atom. The number of amides is 3. The highest BCUT2D eigenvalue weighted by atomic mass is 32.2. The first-order valence-corrected chi connectivity index (χ1v) is 9.67. The monoisotopic (exact) mass is 414 g/mol. The van der Waals surface area contributed by atoms with E-state index in [1.807, 2.05) is 0 Å². The molecule has 1 atom stereocenters. The number of benzene rings is 2. The van der Waals surface area contributed by atoms with Crippen LogP contribution >= 0.6 is 11.8 Å². The number of rotatable bonds is 4. The van der Waals surface area contributed by atoms with Crippen LogP contribution in [0.2, 0.25) is 0 Å². The molecule has 0 aliphatic carbocycles. The molecular weight excluding hydrogens is 395 g/mol. The van der Waals surface area contributed by atoms with E-state index in [1.165, 1.54) is 17.7 Å². The number of aromatic nitrogens is 2. The van der Waals surface area contributed by atoms with E-state index in [2.05, 4.69) is 15.6 Å². The molecule has 2 aromatic carbocycles. The van der Waals surface area contributed by atoms with Crippen molar-refractivity contribution >= 4 is 34.6 Å². The fourth-order valence-electron chi connectivity index (χ4n) is 2.63. The molecule has 0 bridgehead atoms. The summed E-state index contributed by atoms with van der Waals surface area (Å²) in [7, 11) is 1.40. The molecule has 1 aromatic heterocycles. The summed E-state index contributed by atoms with van der Waals surface area (Å²) in [6.07, 6.45) is 0. The third kappa shape index (κ3) is 4.29. The minimum Gasteiger partial charge on any atom is -0.341 e. The molecule has 0 aliphatic heterocycles. The van der Waals surface area contributed by atoms with Gasteiger partial charge >= 0.3 is 6.03 Å². The number of nitrogens with zero attached hydrogens (tertiary/aromatic N) is 2. The fraction of sp³-hybridized carbons (Fsp3) is 0.200. The van der Waals surface area contributed by atoms with Crippen LogP contribution in [-0.4, -0.2) is 33.8 Å². The number of aryl methyl sites for hydroxylation is 1. The summed E-state index contributed by atoms with van der Waals surface area (Å²) in [6, 6.07) is 10.6. The molecule has 0 aliphatic rings. The zero-order valence-electron chi connectivity index (χ0n) is 16.0. The molecule has 0 saturated carbocycles. The van der Waals surface area contributed by atoms with Gasteiger partial charge in [0.1, 0.15) is 5.82 Å². The predicted octanol–water partition coefficient (Wildman–Crippen LogP) is 2.77. The van der Waals surface area contributed by atoms with E-state index in [0.717, 1.165) is 11.8 Å². The molecule has 0 spiro atoms. The summed E-state index contributed by atoms with van der Waals surface area (Å²) < 4.78 is 15.4. The van der Waals surface area contributed by atoms with Crippen molar-refractivity contribution in [2.45, 2.75) is 24.3 Å². The van der Waals surface area contributed by atoms with Crippen molar-refractivity contribution in [1.82, 2.24) is 20.2 Å². The van der Waals surface area contributed by atoms with Crippen LogP contribution in [0.1, 0.15) is 12.5 Å². The molecule has 3 aromatic rings. The van der Waals surface area contributed by atoms with Crippen molar-refractivity contribution in [3.8, 4) is 5.69 Å². The van der Waals surface area contributed by atoms with Crippen molar-refractivity contribution in [1.29, 1.82) is 0 Å². The Hall–Kier alpha value is -3.20. The number of hydrogen-bond donors (Lipinski definition) is 2. The average molecular weight is 414 g/mol. The number of carbonyl (C=O) groups excluding carboxylic acids is 2. The standard InChI is InChI=1S/C20H19FN4O3S/c1-11-8-9-13(10-15(11)21)25-18(27)14-6-4-5-7-16(14)23-20(25)29-12(2)17(26)24-19(28)22-3/h4-10,12H,1-3H3,(H2,22,24,26,28). The molecule has 7 nitrogen and oxygen atoms in total. The Kier molecular flexibility index (Phi) is 5.97. The van der Waals surface area contributed by atoms with E-state index in [9.17, 15) is 18.8 Å². The summed E-state index contributed by atoms with van der Waals surface area (Å²) in [6.45, 7) is 3.21. The van der Waals surface area contributed by atoms with Crippen molar-refractivity contribution in [3.05, 3.63) is 64.2 Å². The summed E-state index contributed by atoms with van der Waals surface area (Å²) in [5.74, 6) is -0.998.